The van der Waals surface area contributed by atoms with Crippen LogP contribution in [0.2, 0.25) is 0 Å². The minimum absolute atomic E-state index is 0.311. The number of hydrogen-bond acceptors (Lipinski definition) is 3. The van der Waals surface area contributed by atoms with Crippen LogP contribution < -0.4 is 0 Å². The van der Waals surface area contributed by atoms with Gasteiger partial charge in [-0.15, -0.1) is 0 Å². The zero-order valence-electron chi connectivity index (χ0n) is 14.9. The topological polar surface area (TPSA) is 36.4 Å². The first-order valence-electron chi connectivity index (χ1n) is 8.94. The second kappa shape index (κ2) is 9.02. The third-order valence-corrected chi connectivity index (χ3v) is 4.84. The van der Waals surface area contributed by atoms with Crippen LogP contribution in [0.5, 0.6) is 0 Å². The molecule has 0 spiro atoms. The van der Waals surface area contributed by atoms with E-state index in [1.165, 1.54) is 0 Å². The SMILES string of the molecule is CC(C)CCC(=O)N(C)C1CCN(CCc2ccccn2)CC1. The van der Waals surface area contributed by atoms with Crippen LogP contribution >= 0.6 is 0 Å². The van der Waals surface area contributed by atoms with Crippen LogP contribution in [-0.4, -0.2) is 53.4 Å². The van der Waals surface area contributed by atoms with Crippen molar-refractivity contribution in [3.05, 3.63) is 30.1 Å². The molecule has 4 heteroatoms. The van der Waals surface area contributed by atoms with Gasteiger partial charge in [-0.25, -0.2) is 0 Å². The molecule has 0 N–H and O–H groups in total. The average molecular weight is 317 g/mol. The summed E-state index contributed by atoms with van der Waals surface area (Å²) in [4.78, 5) is 21.1. The lowest BCUT2D eigenvalue weighted by molar-refractivity contribution is -0.133. The summed E-state index contributed by atoms with van der Waals surface area (Å²) < 4.78 is 0. The van der Waals surface area contributed by atoms with E-state index in [0.717, 1.165) is 51.0 Å². The van der Waals surface area contributed by atoms with Gasteiger partial charge in [-0.05, 0) is 37.3 Å². The molecule has 0 aromatic carbocycles. The maximum Gasteiger partial charge on any atom is 0.222 e. The van der Waals surface area contributed by atoms with Gasteiger partial charge in [0.15, 0.2) is 0 Å². The fourth-order valence-corrected chi connectivity index (χ4v) is 3.14. The molecule has 1 amide bonds. The maximum atomic E-state index is 12.2. The summed E-state index contributed by atoms with van der Waals surface area (Å²) in [7, 11) is 1.98. The summed E-state index contributed by atoms with van der Waals surface area (Å²) in [5.74, 6) is 0.909. The molecule has 0 bridgehead atoms. The number of aromatic nitrogens is 1. The Morgan fingerprint density at radius 1 is 1.35 bits per heavy atom. The number of likely N-dealkylation sites (tertiary alicyclic amines) is 1. The Morgan fingerprint density at radius 3 is 2.70 bits per heavy atom. The molecular formula is C19H31N3O. The zero-order chi connectivity index (χ0) is 16.7. The van der Waals surface area contributed by atoms with Crippen LogP contribution in [0, 0.1) is 5.92 Å². The Hall–Kier alpha value is -1.42. The van der Waals surface area contributed by atoms with E-state index in [9.17, 15) is 4.79 Å². The fraction of sp³-hybridized carbons (Fsp3) is 0.684. The molecule has 1 aliphatic heterocycles. The van der Waals surface area contributed by atoms with Crippen molar-refractivity contribution in [2.75, 3.05) is 26.7 Å². The number of nitrogens with zero attached hydrogens (tertiary/aromatic N) is 3. The standard InChI is InChI=1S/C19H31N3O/c1-16(2)7-8-19(23)21(3)18-10-14-22(15-11-18)13-9-17-6-4-5-12-20-17/h4-6,12,16,18H,7-11,13-15H2,1-3H3. The first kappa shape index (κ1) is 17.9. The van der Waals surface area contributed by atoms with Crippen LogP contribution in [-0.2, 0) is 11.2 Å². The summed E-state index contributed by atoms with van der Waals surface area (Å²) in [5, 5.41) is 0. The van der Waals surface area contributed by atoms with Crippen molar-refractivity contribution in [3.63, 3.8) is 0 Å². The Kier molecular flexibility index (Phi) is 7.03. The number of rotatable bonds is 7. The lowest BCUT2D eigenvalue weighted by Crippen LogP contribution is -2.46. The maximum absolute atomic E-state index is 12.2. The lowest BCUT2D eigenvalue weighted by Gasteiger charge is -2.37. The number of piperidine rings is 1. The van der Waals surface area contributed by atoms with Crippen LogP contribution in [0.3, 0.4) is 0 Å². The van der Waals surface area contributed by atoms with Gasteiger partial charge < -0.3 is 9.80 Å². The number of pyridine rings is 1. The Balaban J connectivity index is 1.69. The Morgan fingerprint density at radius 2 is 2.09 bits per heavy atom. The van der Waals surface area contributed by atoms with Gasteiger partial charge >= 0.3 is 0 Å². The van der Waals surface area contributed by atoms with E-state index in [2.05, 4.69) is 29.8 Å². The van der Waals surface area contributed by atoms with Gasteiger partial charge in [0.1, 0.15) is 0 Å². The molecule has 1 fully saturated rings. The van der Waals surface area contributed by atoms with Crippen molar-refractivity contribution in [2.45, 2.75) is 52.0 Å². The van der Waals surface area contributed by atoms with Crippen LogP contribution in [0.25, 0.3) is 0 Å². The summed E-state index contributed by atoms with van der Waals surface area (Å²) in [6.07, 6.45) is 6.73. The second-order valence-corrected chi connectivity index (χ2v) is 7.08. The molecule has 2 heterocycles. The molecule has 4 nitrogen and oxygen atoms in total. The molecule has 1 aromatic rings. The summed E-state index contributed by atoms with van der Waals surface area (Å²) in [6, 6.07) is 6.52. The molecule has 1 saturated heterocycles. The van der Waals surface area contributed by atoms with E-state index in [0.29, 0.717) is 24.3 Å². The first-order valence-corrected chi connectivity index (χ1v) is 8.94. The molecule has 128 valence electrons. The van der Waals surface area contributed by atoms with E-state index in [-0.39, 0.29) is 0 Å². The van der Waals surface area contributed by atoms with Crippen molar-refractivity contribution >= 4 is 5.91 Å². The van der Waals surface area contributed by atoms with Crippen molar-refractivity contribution in [3.8, 4) is 0 Å². The van der Waals surface area contributed by atoms with Crippen LogP contribution in [0.4, 0.5) is 0 Å². The predicted octanol–water partition coefficient (Wildman–Crippen LogP) is 2.98. The molecule has 0 saturated carbocycles. The monoisotopic (exact) mass is 317 g/mol. The lowest BCUT2D eigenvalue weighted by atomic mass is 10.0. The molecule has 0 unspecified atom stereocenters. The molecule has 1 aliphatic rings. The van der Waals surface area contributed by atoms with Crippen molar-refractivity contribution < 1.29 is 4.79 Å². The molecule has 0 radical (unpaired) electrons. The molecule has 23 heavy (non-hydrogen) atoms. The number of hydrogen-bond donors (Lipinski definition) is 0. The molecule has 2 rings (SSSR count). The number of carbonyl (C=O) groups is 1. The predicted molar refractivity (Wildman–Crippen MR) is 94.2 cm³/mol. The van der Waals surface area contributed by atoms with Crippen LogP contribution in [0.1, 0.15) is 45.2 Å². The summed E-state index contributed by atoms with van der Waals surface area (Å²) >= 11 is 0. The van der Waals surface area contributed by atoms with Crippen molar-refractivity contribution in [1.29, 1.82) is 0 Å². The van der Waals surface area contributed by atoms with Crippen molar-refractivity contribution in [1.82, 2.24) is 14.8 Å². The normalized spacial score (nSPS) is 16.7. The molecule has 0 aliphatic carbocycles. The highest BCUT2D eigenvalue weighted by Gasteiger charge is 2.25. The fourth-order valence-electron chi connectivity index (χ4n) is 3.14. The van der Waals surface area contributed by atoms with E-state index < -0.39 is 0 Å². The zero-order valence-corrected chi connectivity index (χ0v) is 14.9. The third kappa shape index (κ3) is 5.94. The minimum Gasteiger partial charge on any atom is -0.343 e. The smallest absolute Gasteiger partial charge is 0.222 e. The molecular weight excluding hydrogens is 286 g/mol. The van der Waals surface area contributed by atoms with Gasteiger partial charge in [0.2, 0.25) is 5.91 Å². The van der Waals surface area contributed by atoms with E-state index >= 15 is 0 Å². The average Bonchev–Trinajstić information content (AvgIpc) is 2.58. The quantitative estimate of drug-likeness (QED) is 0.776. The van der Waals surface area contributed by atoms with E-state index in [1.54, 1.807) is 0 Å². The van der Waals surface area contributed by atoms with Gasteiger partial charge in [-0.1, -0.05) is 19.9 Å². The van der Waals surface area contributed by atoms with Gasteiger partial charge in [0, 0.05) is 57.5 Å². The number of carbonyl (C=O) groups excluding carboxylic acids is 1. The number of amides is 1. The van der Waals surface area contributed by atoms with Gasteiger partial charge in [-0.2, -0.15) is 0 Å². The molecule has 0 atom stereocenters. The van der Waals surface area contributed by atoms with Gasteiger partial charge in [0.05, 0.1) is 0 Å². The highest BCUT2D eigenvalue weighted by molar-refractivity contribution is 5.76. The third-order valence-electron chi connectivity index (χ3n) is 4.84. The summed E-state index contributed by atoms with van der Waals surface area (Å²) in [6.45, 7) is 7.58. The largest absolute Gasteiger partial charge is 0.343 e. The highest BCUT2D eigenvalue weighted by atomic mass is 16.2. The van der Waals surface area contributed by atoms with Crippen molar-refractivity contribution in [2.24, 2.45) is 5.92 Å². The first-order chi connectivity index (χ1) is 11.1. The molecule has 1 aromatic heterocycles. The second-order valence-electron chi connectivity index (χ2n) is 7.08. The van der Waals surface area contributed by atoms with E-state index in [4.69, 9.17) is 0 Å². The van der Waals surface area contributed by atoms with Gasteiger partial charge in [0.25, 0.3) is 0 Å². The highest BCUT2D eigenvalue weighted by Crippen LogP contribution is 2.17. The minimum atomic E-state index is 0.311. The Bertz CT molecular complexity index is 467. The summed E-state index contributed by atoms with van der Waals surface area (Å²) in [5.41, 5.74) is 1.16. The van der Waals surface area contributed by atoms with E-state index in [1.807, 2.05) is 30.3 Å². The van der Waals surface area contributed by atoms with Gasteiger partial charge in [-0.3, -0.25) is 9.78 Å². The van der Waals surface area contributed by atoms with Crippen LogP contribution in [0.15, 0.2) is 24.4 Å². The Labute approximate surface area is 140 Å².